The Morgan fingerprint density at radius 3 is 1.08 bits per heavy atom. The number of carbonyl (C=O) groups is 2. The Morgan fingerprint density at radius 1 is 1.00 bits per heavy atom. The number of hydrogen-bond donors (Lipinski definition) is 2. The Bertz CT molecular complexity index is 137. The van der Waals surface area contributed by atoms with E-state index in [4.69, 9.17) is 10.2 Å². The van der Waals surface area contributed by atoms with Gasteiger partial charge in [0.15, 0.2) is 0 Å². The molecule has 0 aliphatic heterocycles. The van der Waals surface area contributed by atoms with Gasteiger partial charge >= 0.3 is 45.5 Å². The van der Waals surface area contributed by atoms with Crippen LogP contribution in [0, 0.1) is 0 Å². The zero-order valence-electron chi connectivity index (χ0n) is 7.39. The van der Waals surface area contributed by atoms with Gasteiger partial charge in [0.05, 0.1) is 24.1 Å². The van der Waals surface area contributed by atoms with E-state index in [2.05, 4.69) is 0 Å². The third-order valence-electron chi connectivity index (χ3n) is 0.682. The van der Waals surface area contributed by atoms with Crippen LogP contribution in [0.15, 0.2) is 0 Å². The molecule has 6 nitrogen and oxygen atoms in total. The van der Waals surface area contributed by atoms with Crippen LogP contribution in [0.2, 0.25) is 0 Å². The third-order valence-corrected chi connectivity index (χ3v) is 0.682. The summed E-state index contributed by atoms with van der Waals surface area (Å²) in [6.07, 6.45) is -2.69. The Balaban J connectivity index is -0.000000143. The summed E-state index contributed by atoms with van der Waals surface area (Å²) in [5.41, 5.74) is 0. The molecule has 0 bridgehead atoms. The molecular formula is C6H10O6Sr. The fraction of sp³-hybridized carbons (Fsp3) is 0.667. The van der Waals surface area contributed by atoms with Crippen molar-refractivity contribution in [3.63, 3.8) is 0 Å². The summed E-state index contributed by atoms with van der Waals surface area (Å²) in [5, 5.41) is 34.6. The first-order valence-corrected chi connectivity index (χ1v) is 3.06. The molecule has 13 heavy (non-hydrogen) atoms. The van der Waals surface area contributed by atoms with Crippen LogP contribution in [0.4, 0.5) is 0 Å². The van der Waals surface area contributed by atoms with Crippen molar-refractivity contribution < 1.29 is 30.0 Å². The minimum Gasteiger partial charge on any atom is -0.547 e. The van der Waals surface area contributed by atoms with Crippen molar-refractivity contribution in [1.82, 2.24) is 0 Å². The molecule has 0 aliphatic rings. The Kier molecular flexibility index (Phi) is 15.2. The number of aliphatic hydroxyl groups is 2. The van der Waals surface area contributed by atoms with Crippen LogP contribution >= 0.6 is 0 Å². The number of carbonyl (C=O) groups excluding carboxylic acids is 2. The zero-order valence-corrected chi connectivity index (χ0v) is 10.9. The van der Waals surface area contributed by atoms with Crippen LogP contribution < -0.4 is 10.2 Å². The van der Waals surface area contributed by atoms with Crippen molar-refractivity contribution in [2.45, 2.75) is 26.1 Å². The Hall–Kier alpha value is 0.341. The SMILES string of the molecule is CC(O)C(=O)[O-].CC(O)C(=O)[O-].[Sr+2]. The van der Waals surface area contributed by atoms with E-state index in [1.807, 2.05) is 0 Å². The minimum atomic E-state index is -1.44. The summed E-state index contributed by atoms with van der Waals surface area (Å²) in [4.78, 5) is 18.7. The number of aliphatic carboxylic acids is 2. The molecule has 0 aromatic heterocycles. The summed E-state index contributed by atoms with van der Waals surface area (Å²) >= 11 is 0. The van der Waals surface area contributed by atoms with Gasteiger partial charge in [0.25, 0.3) is 0 Å². The van der Waals surface area contributed by atoms with Crippen molar-refractivity contribution >= 4 is 57.4 Å². The second kappa shape index (κ2) is 10.4. The summed E-state index contributed by atoms with van der Waals surface area (Å²) < 4.78 is 0. The Morgan fingerprint density at radius 2 is 1.08 bits per heavy atom. The average Bonchev–Trinajstić information content (AvgIpc) is 1.88. The van der Waals surface area contributed by atoms with Gasteiger partial charge in [0, 0.05) is 0 Å². The van der Waals surface area contributed by atoms with E-state index in [9.17, 15) is 19.8 Å². The molecule has 0 rings (SSSR count). The van der Waals surface area contributed by atoms with Gasteiger partial charge in [-0.25, -0.2) is 0 Å². The smallest absolute Gasteiger partial charge is 0.547 e. The van der Waals surface area contributed by atoms with Gasteiger partial charge in [-0.1, -0.05) is 0 Å². The summed E-state index contributed by atoms with van der Waals surface area (Å²) in [5.74, 6) is -2.87. The zero-order chi connectivity index (χ0) is 10.3. The van der Waals surface area contributed by atoms with Gasteiger partial charge in [-0.05, 0) is 13.8 Å². The number of carboxylic acids is 2. The van der Waals surface area contributed by atoms with E-state index in [1.165, 1.54) is 0 Å². The maximum absolute atomic E-state index is 9.34. The first-order chi connectivity index (χ1) is 5.29. The standard InChI is InChI=1S/2C3H6O3.Sr/c2*1-2(4)3(5)6;/h2*2,4H,1H3,(H,5,6);/q;;+2/p-2. The number of rotatable bonds is 2. The van der Waals surface area contributed by atoms with E-state index in [-0.39, 0.29) is 45.5 Å². The molecular weight excluding hydrogens is 256 g/mol. The first kappa shape index (κ1) is 19.0. The van der Waals surface area contributed by atoms with E-state index >= 15 is 0 Å². The molecule has 72 valence electrons. The number of aliphatic hydroxyl groups excluding tert-OH is 2. The van der Waals surface area contributed by atoms with Crippen LogP contribution in [0.25, 0.3) is 0 Å². The van der Waals surface area contributed by atoms with Crippen molar-refractivity contribution in [2.24, 2.45) is 0 Å². The molecule has 0 heterocycles. The fourth-order valence-electron chi connectivity index (χ4n) is 0. The van der Waals surface area contributed by atoms with Gasteiger partial charge in [0.1, 0.15) is 0 Å². The normalized spacial score (nSPS) is 12.6. The quantitative estimate of drug-likeness (QED) is 0.489. The molecule has 0 aromatic rings. The molecule has 0 amide bonds. The van der Waals surface area contributed by atoms with Crippen molar-refractivity contribution in [2.75, 3.05) is 0 Å². The molecule has 7 heteroatoms. The molecule has 0 saturated carbocycles. The van der Waals surface area contributed by atoms with Crippen LogP contribution in [-0.2, 0) is 9.59 Å². The van der Waals surface area contributed by atoms with Crippen molar-refractivity contribution in [3.05, 3.63) is 0 Å². The minimum absolute atomic E-state index is 0. The molecule has 0 fully saturated rings. The molecule has 2 N–H and O–H groups in total. The molecule has 0 saturated heterocycles. The van der Waals surface area contributed by atoms with E-state index in [0.29, 0.717) is 0 Å². The maximum atomic E-state index is 9.34. The van der Waals surface area contributed by atoms with Crippen LogP contribution in [0.5, 0.6) is 0 Å². The van der Waals surface area contributed by atoms with Gasteiger partial charge in [0.2, 0.25) is 0 Å². The molecule has 0 radical (unpaired) electrons. The van der Waals surface area contributed by atoms with Crippen LogP contribution in [0.3, 0.4) is 0 Å². The predicted molar refractivity (Wildman–Crippen MR) is 39.1 cm³/mol. The molecule has 0 aromatic carbocycles. The summed E-state index contributed by atoms with van der Waals surface area (Å²) in [6, 6.07) is 0. The van der Waals surface area contributed by atoms with E-state index in [0.717, 1.165) is 13.8 Å². The van der Waals surface area contributed by atoms with Crippen molar-refractivity contribution in [1.29, 1.82) is 0 Å². The summed E-state index contributed by atoms with van der Waals surface area (Å²) in [7, 11) is 0. The summed E-state index contributed by atoms with van der Waals surface area (Å²) in [6.45, 7) is 2.27. The van der Waals surface area contributed by atoms with Gasteiger partial charge in [-0.15, -0.1) is 0 Å². The fourth-order valence-corrected chi connectivity index (χ4v) is 0. The second-order valence-corrected chi connectivity index (χ2v) is 1.99. The Labute approximate surface area is 112 Å². The van der Waals surface area contributed by atoms with Gasteiger partial charge in [-0.2, -0.15) is 0 Å². The average molecular weight is 266 g/mol. The van der Waals surface area contributed by atoms with Gasteiger partial charge in [-0.3, -0.25) is 0 Å². The largest absolute Gasteiger partial charge is 2.00 e. The molecule has 2 unspecified atom stereocenters. The monoisotopic (exact) mass is 266 g/mol. The van der Waals surface area contributed by atoms with Gasteiger partial charge < -0.3 is 30.0 Å². The van der Waals surface area contributed by atoms with Crippen LogP contribution in [-0.4, -0.2) is 79.8 Å². The molecule has 0 spiro atoms. The topological polar surface area (TPSA) is 121 Å². The molecule has 0 aliphatic carbocycles. The number of hydrogen-bond acceptors (Lipinski definition) is 6. The number of carboxylic acid groups (broad SMARTS) is 2. The second-order valence-electron chi connectivity index (χ2n) is 1.99. The van der Waals surface area contributed by atoms with Crippen molar-refractivity contribution in [3.8, 4) is 0 Å². The predicted octanol–water partition coefficient (Wildman–Crippen LogP) is -4.15. The van der Waals surface area contributed by atoms with E-state index < -0.39 is 24.1 Å². The maximum Gasteiger partial charge on any atom is 2.00 e. The third kappa shape index (κ3) is 19.0. The first-order valence-electron chi connectivity index (χ1n) is 3.06. The van der Waals surface area contributed by atoms with Crippen LogP contribution in [0.1, 0.15) is 13.8 Å². The molecule has 2 atom stereocenters. The van der Waals surface area contributed by atoms with E-state index in [1.54, 1.807) is 0 Å².